The van der Waals surface area contributed by atoms with Crippen LogP contribution in [0.15, 0.2) is 127 Å². The lowest BCUT2D eigenvalue weighted by molar-refractivity contribution is -0.154. The van der Waals surface area contributed by atoms with Gasteiger partial charge in [-0.2, -0.15) is 0 Å². The van der Waals surface area contributed by atoms with Crippen LogP contribution < -0.4 is 0 Å². The van der Waals surface area contributed by atoms with Crippen molar-refractivity contribution < 1.29 is 18.9 Å². The fourth-order valence-corrected chi connectivity index (χ4v) is 12.7. The van der Waals surface area contributed by atoms with Crippen molar-refractivity contribution in [3.05, 3.63) is 155 Å². The first kappa shape index (κ1) is 43.9. The summed E-state index contributed by atoms with van der Waals surface area (Å²) in [5.74, 6) is 0.624. The number of fused-ring (bicyclic) bond motifs is 6. The molecule has 0 aromatic heterocycles. The van der Waals surface area contributed by atoms with Crippen molar-refractivity contribution >= 4 is 32.3 Å². The third kappa shape index (κ3) is 6.99. The lowest BCUT2D eigenvalue weighted by Gasteiger charge is -2.42. The second kappa shape index (κ2) is 16.7. The van der Waals surface area contributed by atoms with E-state index in [2.05, 4.69) is 169 Å². The summed E-state index contributed by atoms with van der Waals surface area (Å²) in [6.07, 6.45) is 5.15. The smallest absolute Gasteiger partial charge is 0.0604 e. The van der Waals surface area contributed by atoms with Crippen molar-refractivity contribution in [1.82, 2.24) is 0 Å². The minimum Gasteiger partial charge on any atom is -0.381 e. The summed E-state index contributed by atoms with van der Waals surface area (Å²) in [7, 11) is 0. The van der Waals surface area contributed by atoms with E-state index in [-0.39, 0.29) is 21.7 Å². The summed E-state index contributed by atoms with van der Waals surface area (Å²) < 4.78 is 24.7. The molecule has 1 atom stereocenters. The summed E-state index contributed by atoms with van der Waals surface area (Å²) in [4.78, 5) is 0. The molecule has 12 rings (SSSR count). The third-order valence-electron chi connectivity index (χ3n) is 17.1. The van der Waals surface area contributed by atoms with Gasteiger partial charge >= 0.3 is 0 Å². The summed E-state index contributed by atoms with van der Waals surface area (Å²) in [6, 6.07) is 49.7. The van der Waals surface area contributed by atoms with Gasteiger partial charge in [0.15, 0.2) is 0 Å². The molecule has 0 radical (unpaired) electrons. The van der Waals surface area contributed by atoms with Crippen LogP contribution in [0.25, 0.3) is 76.8 Å². The number of rotatable bonds is 16. The van der Waals surface area contributed by atoms with Gasteiger partial charge in [0.05, 0.1) is 46.2 Å². The summed E-state index contributed by atoms with van der Waals surface area (Å²) >= 11 is 0. The van der Waals surface area contributed by atoms with E-state index in [1.165, 1.54) is 105 Å². The van der Waals surface area contributed by atoms with Gasteiger partial charge in [-0.3, -0.25) is 0 Å². The fraction of sp³-hybridized carbons (Fsp3) is 0.375. The SMILES string of the molecule is CCC1(COCCCC2(COCC3(CC)COC3)c3ccccc3-c3ccc(-c4ccc5c(c4)C(C)(C)c4cc(-c6ccc7ccc8cc(CC(C)C)cc9ccc6c7c89)ccc4-5)cc32)COC1. The van der Waals surface area contributed by atoms with Crippen LogP contribution in [-0.4, -0.2) is 52.9 Å². The van der Waals surface area contributed by atoms with Gasteiger partial charge in [0, 0.05) is 28.3 Å². The summed E-state index contributed by atoms with van der Waals surface area (Å²) in [6.45, 7) is 20.0. The molecule has 0 saturated carbocycles. The maximum absolute atomic E-state index is 6.93. The molecule has 2 fully saturated rings. The molecule has 4 aliphatic rings. The van der Waals surface area contributed by atoms with E-state index >= 15 is 0 Å². The van der Waals surface area contributed by atoms with Gasteiger partial charge in [-0.15, -0.1) is 0 Å². The van der Waals surface area contributed by atoms with E-state index < -0.39 is 0 Å². The Labute approximate surface area is 403 Å². The highest BCUT2D eigenvalue weighted by Gasteiger charge is 2.45. The molecule has 0 N–H and O–H groups in total. The molecular formula is C64H66O4. The molecule has 0 spiro atoms. The van der Waals surface area contributed by atoms with Gasteiger partial charge < -0.3 is 18.9 Å². The highest BCUT2D eigenvalue weighted by molar-refractivity contribution is 6.25. The first-order chi connectivity index (χ1) is 33.0. The maximum atomic E-state index is 6.93. The van der Waals surface area contributed by atoms with E-state index in [1.54, 1.807) is 0 Å². The normalized spacial score (nSPS) is 19.3. The Bertz CT molecular complexity index is 3190. The Hall–Kier alpha value is -5.36. The van der Waals surface area contributed by atoms with Crippen molar-refractivity contribution in [2.45, 2.75) is 84.5 Å². The van der Waals surface area contributed by atoms with Crippen molar-refractivity contribution in [2.24, 2.45) is 16.7 Å². The highest BCUT2D eigenvalue weighted by Crippen LogP contribution is 2.55. The molecule has 0 amide bonds. The van der Waals surface area contributed by atoms with Crippen molar-refractivity contribution in [1.29, 1.82) is 0 Å². The first-order valence-electron chi connectivity index (χ1n) is 25.6. The van der Waals surface area contributed by atoms with E-state index in [1.807, 2.05) is 0 Å². The second-order valence-electron chi connectivity index (χ2n) is 22.3. The van der Waals surface area contributed by atoms with Crippen LogP contribution in [0, 0.1) is 16.7 Å². The zero-order valence-electron chi connectivity index (χ0n) is 41.0. The molecule has 0 bridgehead atoms. The maximum Gasteiger partial charge on any atom is 0.0604 e. The third-order valence-corrected chi connectivity index (χ3v) is 17.1. The molecule has 346 valence electrons. The minimum atomic E-state index is -0.294. The zero-order chi connectivity index (χ0) is 46.4. The Morgan fingerprint density at radius 1 is 0.515 bits per heavy atom. The van der Waals surface area contributed by atoms with Crippen LogP contribution in [0.5, 0.6) is 0 Å². The second-order valence-corrected chi connectivity index (χ2v) is 22.3. The molecular weight excluding hydrogens is 833 g/mol. The standard InChI is InChI=1S/C64H66O4/c1-7-62(35-66-36-62)34-65-27-11-26-64(40-68-39-63(8-2)37-67-38-63)55-13-10-9-12-50(55)53-23-18-45(32-58(53)64)44-17-22-51-52-24-19-46(33-57(52)61(5,6)56(51)31-44)49-21-16-43-14-15-47-29-42(28-41(3)4)30-48-20-25-54(49)60(43)59(47)48/h9-10,12-25,29-33,41H,7-8,11,26-28,34-40H2,1-6H3. The van der Waals surface area contributed by atoms with E-state index in [0.29, 0.717) is 12.5 Å². The summed E-state index contributed by atoms with van der Waals surface area (Å²) in [5.41, 5.74) is 17.2. The summed E-state index contributed by atoms with van der Waals surface area (Å²) in [5, 5.41) is 8.09. The van der Waals surface area contributed by atoms with Crippen LogP contribution in [-0.2, 0) is 36.2 Å². The molecule has 8 aromatic rings. The van der Waals surface area contributed by atoms with Crippen LogP contribution in [0.4, 0.5) is 0 Å². The molecule has 2 saturated heterocycles. The van der Waals surface area contributed by atoms with E-state index in [0.717, 1.165) is 78.4 Å². The van der Waals surface area contributed by atoms with E-state index in [4.69, 9.17) is 18.9 Å². The lowest BCUT2D eigenvalue weighted by Crippen LogP contribution is -2.46. The fourth-order valence-electron chi connectivity index (χ4n) is 12.7. The number of benzene rings is 8. The quantitative estimate of drug-likeness (QED) is 0.0715. The number of hydrogen-bond acceptors (Lipinski definition) is 4. The van der Waals surface area contributed by atoms with Crippen LogP contribution in [0.2, 0.25) is 0 Å². The Morgan fingerprint density at radius 3 is 1.71 bits per heavy atom. The molecule has 1 unspecified atom stereocenters. The van der Waals surface area contributed by atoms with Crippen molar-refractivity contribution in [2.75, 3.05) is 52.9 Å². The van der Waals surface area contributed by atoms with Crippen molar-refractivity contribution in [3.8, 4) is 44.5 Å². The van der Waals surface area contributed by atoms with Crippen LogP contribution in [0.1, 0.15) is 95.0 Å². The highest BCUT2D eigenvalue weighted by atomic mass is 16.5. The Kier molecular flexibility index (Phi) is 10.8. The predicted molar refractivity (Wildman–Crippen MR) is 281 cm³/mol. The number of ether oxygens (including phenoxy) is 4. The topological polar surface area (TPSA) is 36.9 Å². The van der Waals surface area contributed by atoms with Gasteiger partial charge in [-0.05, 0) is 161 Å². The molecule has 2 aliphatic heterocycles. The Balaban J connectivity index is 0.880. The van der Waals surface area contributed by atoms with Gasteiger partial charge in [0.1, 0.15) is 0 Å². The molecule has 4 nitrogen and oxygen atoms in total. The average Bonchev–Trinajstić information content (AvgIpc) is 3.72. The Morgan fingerprint density at radius 2 is 1.06 bits per heavy atom. The minimum absolute atomic E-state index is 0.113. The number of hydrogen-bond donors (Lipinski definition) is 0. The molecule has 4 heteroatoms. The van der Waals surface area contributed by atoms with Gasteiger partial charge in [-0.25, -0.2) is 0 Å². The van der Waals surface area contributed by atoms with Crippen molar-refractivity contribution in [3.63, 3.8) is 0 Å². The first-order valence-corrected chi connectivity index (χ1v) is 25.6. The van der Waals surface area contributed by atoms with Gasteiger partial charge in [0.25, 0.3) is 0 Å². The molecule has 2 heterocycles. The van der Waals surface area contributed by atoms with Crippen LogP contribution >= 0.6 is 0 Å². The van der Waals surface area contributed by atoms with Gasteiger partial charge in [-0.1, -0.05) is 151 Å². The molecule has 8 aromatic carbocycles. The average molecular weight is 899 g/mol. The van der Waals surface area contributed by atoms with Crippen LogP contribution in [0.3, 0.4) is 0 Å². The lowest BCUT2D eigenvalue weighted by atomic mass is 9.74. The molecule has 68 heavy (non-hydrogen) atoms. The predicted octanol–water partition coefficient (Wildman–Crippen LogP) is 15.4. The monoisotopic (exact) mass is 898 g/mol. The van der Waals surface area contributed by atoms with Gasteiger partial charge in [0.2, 0.25) is 0 Å². The zero-order valence-corrected chi connectivity index (χ0v) is 41.0. The van der Waals surface area contributed by atoms with E-state index in [9.17, 15) is 0 Å². The molecule has 2 aliphatic carbocycles. The largest absolute Gasteiger partial charge is 0.381 e.